The maximum atomic E-state index is 11.1. The van der Waals surface area contributed by atoms with Crippen LogP contribution >= 0.6 is 11.6 Å². The van der Waals surface area contributed by atoms with Crippen molar-refractivity contribution in [2.45, 2.75) is 25.4 Å². The fourth-order valence-electron chi connectivity index (χ4n) is 5.22. The van der Waals surface area contributed by atoms with E-state index in [1.54, 1.807) is 7.11 Å². The van der Waals surface area contributed by atoms with Crippen molar-refractivity contribution < 1.29 is 13.5 Å². The highest BCUT2D eigenvalue weighted by Crippen LogP contribution is 2.34. The second-order valence-electron chi connectivity index (χ2n) is 9.76. The number of para-hydroxylation sites is 1. The highest BCUT2D eigenvalue weighted by molar-refractivity contribution is 7.77. The Morgan fingerprint density at radius 2 is 1.88 bits per heavy atom. The Hall–Kier alpha value is -3.00. The lowest BCUT2D eigenvalue weighted by Crippen LogP contribution is -2.52. The van der Waals surface area contributed by atoms with Gasteiger partial charge in [-0.15, -0.1) is 0 Å². The van der Waals surface area contributed by atoms with Gasteiger partial charge in [0.25, 0.3) is 0 Å². The summed E-state index contributed by atoms with van der Waals surface area (Å²) < 4.78 is 28.4. The molecule has 0 spiro atoms. The summed E-state index contributed by atoms with van der Waals surface area (Å²) in [6.07, 6.45) is 3.84. The minimum atomic E-state index is -2.12. The molecule has 40 heavy (non-hydrogen) atoms. The molecule has 2 aliphatic heterocycles. The van der Waals surface area contributed by atoms with Crippen LogP contribution in [0.3, 0.4) is 0 Å². The molecule has 2 aliphatic rings. The minimum absolute atomic E-state index is 0.192. The SMILES string of the molecule is COc1cc(N2CCC(N3CCNCC3)CC2)ccc1Nc1ncc(Cl)c(Nc2ccccc2CNS(=O)O)n1. The Balaban J connectivity index is 1.26. The number of aromatic nitrogens is 2. The molecular formula is C27H35ClN8O3S. The molecule has 0 radical (unpaired) electrons. The maximum absolute atomic E-state index is 11.1. The molecule has 3 heterocycles. The summed E-state index contributed by atoms with van der Waals surface area (Å²) in [4.78, 5) is 14.0. The number of halogens is 1. The first kappa shape index (κ1) is 28.5. The van der Waals surface area contributed by atoms with E-state index in [0.717, 1.165) is 69.0 Å². The van der Waals surface area contributed by atoms with E-state index in [9.17, 15) is 4.21 Å². The van der Waals surface area contributed by atoms with E-state index in [4.69, 9.17) is 20.9 Å². The van der Waals surface area contributed by atoms with Crippen LogP contribution in [0.2, 0.25) is 5.02 Å². The smallest absolute Gasteiger partial charge is 0.232 e. The molecular weight excluding hydrogens is 552 g/mol. The molecule has 11 nitrogen and oxygen atoms in total. The van der Waals surface area contributed by atoms with Crippen LogP contribution in [-0.2, 0) is 17.8 Å². The number of piperidine rings is 1. The molecule has 2 aromatic carbocycles. The number of anilines is 5. The van der Waals surface area contributed by atoms with Crippen molar-refractivity contribution in [3.63, 3.8) is 0 Å². The predicted molar refractivity (Wildman–Crippen MR) is 160 cm³/mol. The largest absolute Gasteiger partial charge is 0.494 e. The van der Waals surface area contributed by atoms with Crippen LogP contribution < -0.4 is 30.3 Å². The summed E-state index contributed by atoms with van der Waals surface area (Å²) >= 11 is 4.28. The molecule has 214 valence electrons. The van der Waals surface area contributed by atoms with E-state index in [1.807, 2.05) is 30.3 Å². The van der Waals surface area contributed by atoms with E-state index in [2.05, 4.69) is 52.6 Å². The van der Waals surface area contributed by atoms with Gasteiger partial charge in [-0.3, -0.25) is 9.45 Å². The topological polar surface area (TPSA) is 127 Å². The molecule has 0 aliphatic carbocycles. The van der Waals surface area contributed by atoms with Gasteiger partial charge in [0.2, 0.25) is 17.2 Å². The average Bonchev–Trinajstić information content (AvgIpc) is 2.99. The van der Waals surface area contributed by atoms with Crippen molar-refractivity contribution in [2.75, 3.05) is 61.9 Å². The first-order valence-corrected chi connectivity index (χ1v) is 14.8. The third-order valence-electron chi connectivity index (χ3n) is 7.33. The normalized spacial score (nSPS) is 17.4. The number of methoxy groups -OCH3 is 1. The fraction of sp³-hybridized carbons (Fsp3) is 0.407. The standard InChI is InChI=1S/C27H35ClN8O3S/c1-39-25-16-21(35-12-8-20(9-13-35)36-14-10-29-11-15-36)6-7-24(25)33-27-30-18-22(28)26(34-27)32-23-5-3-2-4-19(23)17-31-40(37)38/h2-7,16,18,20,29,31H,8-15,17H2,1H3,(H,37,38)(H2,30,32,33,34). The Morgan fingerprint density at radius 1 is 1.10 bits per heavy atom. The lowest BCUT2D eigenvalue weighted by molar-refractivity contribution is 0.150. The van der Waals surface area contributed by atoms with Crippen LogP contribution in [-0.4, -0.2) is 76.0 Å². The van der Waals surface area contributed by atoms with Crippen molar-refractivity contribution in [1.29, 1.82) is 0 Å². The first-order valence-electron chi connectivity index (χ1n) is 13.4. The van der Waals surface area contributed by atoms with Gasteiger partial charge in [-0.1, -0.05) is 29.8 Å². The van der Waals surface area contributed by atoms with Gasteiger partial charge in [0.1, 0.15) is 10.8 Å². The van der Waals surface area contributed by atoms with Gasteiger partial charge in [-0.05, 0) is 36.6 Å². The van der Waals surface area contributed by atoms with Crippen molar-refractivity contribution >= 4 is 51.7 Å². The molecule has 1 unspecified atom stereocenters. The molecule has 2 fully saturated rings. The van der Waals surface area contributed by atoms with E-state index < -0.39 is 11.3 Å². The number of hydrogen-bond donors (Lipinski definition) is 5. The van der Waals surface area contributed by atoms with Gasteiger partial charge in [0, 0.05) is 69.3 Å². The second kappa shape index (κ2) is 13.6. The van der Waals surface area contributed by atoms with Gasteiger partial charge >= 0.3 is 0 Å². The van der Waals surface area contributed by atoms with E-state index in [1.165, 1.54) is 6.20 Å². The van der Waals surface area contributed by atoms with Gasteiger partial charge in [0.05, 0.1) is 19.0 Å². The Kier molecular flexibility index (Phi) is 9.68. The molecule has 5 rings (SSSR count). The van der Waals surface area contributed by atoms with Crippen molar-refractivity contribution in [3.05, 3.63) is 59.2 Å². The third-order valence-corrected chi connectivity index (χ3v) is 8.00. The lowest BCUT2D eigenvalue weighted by atomic mass is 10.0. The predicted octanol–water partition coefficient (Wildman–Crippen LogP) is 3.73. The molecule has 13 heteroatoms. The number of rotatable bonds is 10. The van der Waals surface area contributed by atoms with Crippen LogP contribution in [0, 0.1) is 0 Å². The zero-order valence-electron chi connectivity index (χ0n) is 22.4. The summed E-state index contributed by atoms with van der Waals surface area (Å²) in [5.74, 6) is 1.45. The zero-order chi connectivity index (χ0) is 27.9. The summed E-state index contributed by atoms with van der Waals surface area (Å²) in [6.45, 7) is 6.67. The van der Waals surface area contributed by atoms with Gasteiger partial charge in [0.15, 0.2) is 5.82 Å². The number of ether oxygens (including phenoxy) is 1. The molecule has 0 saturated carbocycles. The molecule has 2 saturated heterocycles. The number of benzene rings is 2. The van der Waals surface area contributed by atoms with E-state index in [-0.39, 0.29) is 6.54 Å². The first-order chi connectivity index (χ1) is 19.5. The highest BCUT2D eigenvalue weighted by atomic mass is 35.5. The summed E-state index contributed by atoms with van der Waals surface area (Å²) in [7, 11) is 1.65. The third kappa shape index (κ3) is 7.19. The fourth-order valence-corrected chi connectivity index (χ4v) is 5.63. The highest BCUT2D eigenvalue weighted by Gasteiger charge is 2.26. The van der Waals surface area contributed by atoms with Crippen LogP contribution in [0.5, 0.6) is 5.75 Å². The number of nitrogens with one attached hydrogen (secondary N) is 4. The van der Waals surface area contributed by atoms with Gasteiger partial charge in [-0.2, -0.15) is 4.98 Å². The average molecular weight is 587 g/mol. The van der Waals surface area contributed by atoms with Crippen molar-refractivity contribution in [1.82, 2.24) is 24.9 Å². The number of hydrogen-bond acceptors (Lipinski definition) is 9. The van der Waals surface area contributed by atoms with Crippen LogP contribution in [0.15, 0.2) is 48.7 Å². The quantitative estimate of drug-likeness (QED) is 0.224. The molecule has 1 atom stereocenters. The summed E-state index contributed by atoms with van der Waals surface area (Å²) in [5, 5.41) is 10.2. The Bertz CT molecular complexity index is 1320. The van der Waals surface area contributed by atoms with E-state index in [0.29, 0.717) is 34.3 Å². The minimum Gasteiger partial charge on any atom is -0.494 e. The molecule has 0 amide bonds. The monoisotopic (exact) mass is 586 g/mol. The maximum Gasteiger partial charge on any atom is 0.232 e. The lowest BCUT2D eigenvalue weighted by Gasteiger charge is -2.41. The van der Waals surface area contributed by atoms with E-state index >= 15 is 0 Å². The molecule has 5 N–H and O–H groups in total. The number of piperazine rings is 1. The van der Waals surface area contributed by atoms with Crippen LogP contribution in [0.1, 0.15) is 18.4 Å². The van der Waals surface area contributed by atoms with Gasteiger partial charge in [-0.25, -0.2) is 13.9 Å². The van der Waals surface area contributed by atoms with Crippen LogP contribution in [0.4, 0.5) is 28.8 Å². The Labute approximate surface area is 242 Å². The van der Waals surface area contributed by atoms with Crippen molar-refractivity contribution in [2.24, 2.45) is 0 Å². The van der Waals surface area contributed by atoms with Gasteiger partial charge < -0.3 is 25.6 Å². The van der Waals surface area contributed by atoms with Crippen molar-refractivity contribution in [3.8, 4) is 5.75 Å². The Morgan fingerprint density at radius 3 is 2.62 bits per heavy atom. The zero-order valence-corrected chi connectivity index (χ0v) is 24.0. The summed E-state index contributed by atoms with van der Waals surface area (Å²) in [5.41, 5.74) is 3.36. The van der Waals surface area contributed by atoms with Crippen LogP contribution in [0.25, 0.3) is 0 Å². The molecule has 3 aromatic rings. The number of nitrogens with zero attached hydrogens (tertiary/aromatic N) is 4. The summed E-state index contributed by atoms with van der Waals surface area (Å²) in [6, 6.07) is 14.2. The second-order valence-corrected chi connectivity index (χ2v) is 11.0. The molecule has 1 aromatic heterocycles. The molecule has 0 bridgehead atoms.